The predicted octanol–water partition coefficient (Wildman–Crippen LogP) is 5.21. The van der Waals surface area contributed by atoms with E-state index < -0.39 is 5.41 Å². The summed E-state index contributed by atoms with van der Waals surface area (Å²) in [6.45, 7) is 11.0. The maximum atomic E-state index is 12.3. The van der Waals surface area contributed by atoms with Gasteiger partial charge >= 0.3 is 0 Å². The normalized spacial score (nSPS) is 13.0. The Labute approximate surface area is 186 Å². The number of aromatic amines is 2. The maximum absolute atomic E-state index is 12.3. The fourth-order valence-electron chi connectivity index (χ4n) is 3.36. The Morgan fingerprint density at radius 1 is 1.16 bits per heavy atom. The first kappa shape index (κ1) is 21.2. The van der Waals surface area contributed by atoms with E-state index in [1.807, 2.05) is 64.1 Å². The van der Waals surface area contributed by atoms with Gasteiger partial charge in [0.05, 0.1) is 16.9 Å². The molecule has 0 fully saturated rings. The first-order valence-electron chi connectivity index (χ1n) is 10.4. The Morgan fingerprint density at radius 2 is 1.94 bits per heavy atom. The van der Waals surface area contributed by atoms with Gasteiger partial charge in [0.15, 0.2) is 0 Å². The van der Waals surface area contributed by atoms with Crippen molar-refractivity contribution in [1.82, 2.24) is 25.5 Å². The average molecular weight is 427 g/mol. The highest BCUT2D eigenvalue weighted by Gasteiger charge is 2.21. The summed E-state index contributed by atoms with van der Waals surface area (Å²) in [6, 6.07) is 14.0. The Hall–Kier alpha value is -4.00. The lowest BCUT2D eigenvalue weighted by Gasteiger charge is -2.18. The third-order valence-corrected chi connectivity index (χ3v) is 5.08. The van der Waals surface area contributed by atoms with Gasteiger partial charge < -0.3 is 10.3 Å². The summed E-state index contributed by atoms with van der Waals surface area (Å²) >= 11 is 0. The van der Waals surface area contributed by atoms with Crippen LogP contribution in [0.1, 0.15) is 33.4 Å². The van der Waals surface area contributed by atoms with Crippen LogP contribution < -0.4 is 5.32 Å². The second-order valence-corrected chi connectivity index (χ2v) is 8.73. The quantitative estimate of drug-likeness (QED) is 0.302. The summed E-state index contributed by atoms with van der Waals surface area (Å²) in [5, 5.41) is 11.6. The van der Waals surface area contributed by atoms with Crippen molar-refractivity contribution in [3.05, 3.63) is 66.1 Å². The molecule has 0 spiro atoms. The zero-order valence-electron chi connectivity index (χ0n) is 18.7. The topological polar surface area (TPSA) is 98.8 Å². The molecule has 7 heteroatoms. The van der Waals surface area contributed by atoms with Crippen molar-refractivity contribution in [2.24, 2.45) is 10.4 Å². The molecule has 3 aromatic heterocycles. The summed E-state index contributed by atoms with van der Waals surface area (Å²) in [7, 11) is 0. The number of rotatable bonds is 5. The van der Waals surface area contributed by atoms with Crippen LogP contribution in [0.2, 0.25) is 0 Å². The van der Waals surface area contributed by atoms with Crippen molar-refractivity contribution in [1.29, 1.82) is 0 Å². The molecule has 32 heavy (non-hydrogen) atoms. The molecule has 0 unspecified atom stereocenters. The number of benzene rings is 1. The molecule has 0 bridgehead atoms. The smallest absolute Gasteiger partial charge is 0.229 e. The number of nitrogens with zero attached hydrogens (tertiary/aromatic N) is 3. The van der Waals surface area contributed by atoms with E-state index in [9.17, 15) is 4.79 Å². The molecule has 0 atom stereocenters. The standard InChI is InChI=1S/C25H26N6O/c1-15(27-24(32)25(2,3)4)12-17(14-26-5)19-10-11-20-22(29-19)23(31-30-20)21-13-16-8-6-7-9-18(16)28-21/h6-14,28H,5H2,1-4H3,(H,27,32)(H,30,31)/b15-12+,17-14+. The Morgan fingerprint density at radius 3 is 2.66 bits per heavy atom. The Balaban J connectivity index is 1.73. The van der Waals surface area contributed by atoms with E-state index in [0.717, 1.165) is 38.9 Å². The zero-order valence-corrected chi connectivity index (χ0v) is 18.7. The molecule has 7 nitrogen and oxygen atoms in total. The number of fused-ring (bicyclic) bond motifs is 2. The fraction of sp³-hybridized carbons (Fsp3) is 0.200. The minimum Gasteiger partial charge on any atom is -0.353 e. The number of pyridine rings is 1. The molecule has 0 aliphatic carbocycles. The molecule has 162 valence electrons. The third-order valence-electron chi connectivity index (χ3n) is 5.08. The molecule has 0 saturated heterocycles. The SMILES string of the molecule is C=N/C=C(\C=C(/C)NC(=O)C(C)(C)C)c1ccc2[nH]nc(-c3cc4ccccc4[nH]3)c2n1. The van der Waals surface area contributed by atoms with Crippen molar-refractivity contribution >= 4 is 40.1 Å². The van der Waals surface area contributed by atoms with Gasteiger partial charge in [-0.1, -0.05) is 39.0 Å². The monoisotopic (exact) mass is 426 g/mol. The number of hydrogen-bond donors (Lipinski definition) is 3. The van der Waals surface area contributed by atoms with E-state index in [1.54, 1.807) is 6.20 Å². The highest BCUT2D eigenvalue weighted by atomic mass is 16.2. The van der Waals surface area contributed by atoms with Gasteiger partial charge in [-0.2, -0.15) is 5.10 Å². The second-order valence-electron chi connectivity index (χ2n) is 8.73. The number of carbonyl (C=O) groups is 1. The van der Waals surface area contributed by atoms with E-state index in [-0.39, 0.29) is 5.91 Å². The highest BCUT2D eigenvalue weighted by Crippen LogP contribution is 2.29. The lowest BCUT2D eigenvalue weighted by molar-refractivity contribution is -0.127. The number of amides is 1. The zero-order chi connectivity index (χ0) is 22.9. The van der Waals surface area contributed by atoms with Gasteiger partial charge in [-0.05, 0) is 44.0 Å². The van der Waals surface area contributed by atoms with Gasteiger partial charge in [0.1, 0.15) is 11.2 Å². The summed E-state index contributed by atoms with van der Waals surface area (Å²) in [5.74, 6) is -0.0588. The molecule has 4 rings (SSSR count). The van der Waals surface area contributed by atoms with Gasteiger partial charge in [-0.25, -0.2) is 4.98 Å². The molecule has 3 N–H and O–H groups in total. The minimum atomic E-state index is -0.488. The van der Waals surface area contributed by atoms with Crippen LogP contribution in [-0.4, -0.2) is 32.8 Å². The van der Waals surface area contributed by atoms with Crippen molar-refractivity contribution in [2.75, 3.05) is 0 Å². The molecular weight excluding hydrogens is 400 g/mol. The first-order chi connectivity index (χ1) is 15.3. The van der Waals surface area contributed by atoms with Crippen LogP contribution in [0.3, 0.4) is 0 Å². The number of allylic oxidation sites excluding steroid dienone is 3. The number of aliphatic imine (C=N–C) groups is 1. The third kappa shape index (κ3) is 4.23. The van der Waals surface area contributed by atoms with E-state index in [2.05, 4.69) is 44.3 Å². The number of aromatic nitrogens is 4. The summed E-state index contributed by atoms with van der Waals surface area (Å²) in [5.41, 5.74) is 5.89. The average Bonchev–Trinajstić information content (AvgIpc) is 3.35. The van der Waals surface area contributed by atoms with Crippen molar-refractivity contribution in [3.8, 4) is 11.4 Å². The van der Waals surface area contributed by atoms with E-state index in [4.69, 9.17) is 4.98 Å². The van der Waals surface area contributed by atoms with Gasteiger partial charge in [0, 0.05) is 33.8 Å². The predicted molar refractivity (Wildman–Crippen MR) is 130 cm³/mol. The lowest BCUT2D eigenvalue weighted by atomic mass is 9.95. The Bertz CT molecular complexity index is 1350. The number of hydrogen-bond acceptors (Lipinski definition) is 4. The van der Waals surface area contributed by atoms with Crippen molar-refractivity contribution in [2.45, 2.75) is 27.7 Å². The van der Waals surface area contributed by atoms with Crippen LogP contribution in [0.5, 0.6) is 0 Å². The molecule has 1 amide bonds. The van der Waals surface area contributed by atoms with Crippen LogP contribution in [0, 0.1) is 5.41 Å². The Kier molecular flexibility index (Phi) is 5.48. The van der Waals surface area contributed by atoms with Crippen LogP contribution in [-0.2, 0) is 4.79 Å². The van der Waals surface area contributed by atoms with Gasteiger partial charge in [-0.15, -0.1) is 0 Å². The maximum Gasteiger partial charge on any atom is 0.229 e. The number of nitrogens with one attached hydrogen (secondary N) is 3. The number of para-hydroxylation sites is 1. The van der Waals surface area contributed by atoms with Gasteiger partial charge in [0.25, 0.3) is 0 Å². The van der Waals surface area contributed by atoms with Crippen LogP contribution in [0.25, 0.3) is 38.9 Å². The molecule has 0 radical (unpaired) electrons. The molecule has 0 saturated carbocycles. The second kappa shape index (κ2) is 8.26. The number of H-pyrrole nitrogens is 2. The van der Waals surface area contributed by atoms with E-state index >= 15 is 0 Å². The number of carbonyl (C=O) groups excluding carboxylic acids is 1. The molecule has 3 heterocycles. The molecule has 0 aliphatic rings. The van der Waals surface area contributed by atoms with Crippen molar-refractivity contribution < 1.29 is 4.79 Å². The summed E-state index contributed by atoms with van der Waals surface area (Å²) < 4.78 is 0. The summed E-state index contributed by atoms with van der Waals surface area (Å²) in [6.07, 6.45) is 3.47. The van der Waals surface area contributed by atoms with E-state index in [1.165, 1.54) is 0 Å². The molecular formula is C25H26N6O. The summed E-state index contributed by atoms with van der Waals surface area (Å²) in [4.78, 5) is 24.5. The highest BCUT2D eigenvalue weighted by molar-refractivity contribution is 5.94. The van der Waals surface area contributed by atoms with E-state index in [0.29, 0.717) is 11.4 Å². The van der Waals surface area contributed by atoms with Gasteiger partial charge in [0.2, 0.25) is 5.91 Å². The molecule has 1 aromatic carbocycles. The lowest BCUT2D eigenvalue weighted by Crippen LogP contribution is -2.33. The molecule has 0 aliphatic heterocycles. The van der Waals surface area contributed by atoms with Crippen molar-refractivity contribution in [3.63, 3.8) is 0 Å². The first-order valence-corrected chi connectivity index (χ1v) is 10.4. The minimum absolute atomic E-state index is 0.0588. The molecule has 4 aromatic rings. The van der Waals surface area contributed by atoms with Crippen LogP contribution in [0.15, 0.2) is 65.4 Å². The largest absolute Gasteiger partial charge is 0.353 e. The van der Waals surface area contributed by atoms with Gasteiger partial charge in [-0.3, -0.25) is 14.9 Å². The fourth-order valence-corrected chi connectivity index (χ4v) is 3.36. The van der Waals surface area contributed by atoms with Crippen LogP contribution >= 0.6 is 0 Å². The van der Waals surface area contributed by atoms with Crippen LogP contribution in [0.4, 0.5) is 0 Å².